The largest absolute Gasteiger partial charge is 0.496 e. The fourth-order valence-corrected chi connectivity index (χ4v) is 4.70. The van der Waals surface area contributed by atoms with Crippen molar-refractivity contribution in [3.05, 3.63) is 36.4 Å². The van der Waals surface area contributed by atoms with Gasteiger partial charge in [0.1, 0.15) is 5.75 Å². The summed E-state index contributed by atoms with van der Waals surface area (Å²) in [5.41, 5.74) is 1.73. The van der Waals surface area contributed by atoms with E-state index in [1.807, 2.05) is 36.4 Å². The quantitative estimate of drug-likeness (QED) is 0.808. The fourth-order valence-electron chi connectivity index (χ4n) is 4.70. The van der Waals surface area contributed by atoms with Crippen LogP contribution in [0.5, 0.6) is 5.75 Å². The van der Waals surface area contributed by atoms with E-state index in [2.05, 4.69) is 27.3 Å². The van der Waals surface area contributed by atoms with Crippen LogP contribution in [0.4, 0.5) is 5.82 Å². The molecular formula is C24H32N4O2. The minimum absolute atomic E-state index is 0.108. The van der Waals surface area contributed by atoms with Gasteiger partial charge in [-0.05, 0) is 55.9 Å². The van der Waals surface area contributed by atoms with E-state index < -0.39 is 0 Å². The summed E-state index contributed by atoms with van der Waals surface area (Å²) in [4.78, 5) is 15.0. The zero-order valence-electron chi connectivity index (χ0n) is 18.0. The van der Waals surface area contributed by atoms with Crippen molar-refractivity contribution in [3.63, 3.8) is 0 Å². The van der Waals surface area contributed by atoms with Gasteiger partial charge in [-0.25, -0.2) is 0 Å². The minimum Gasteiger partial charge on any atom is -0.496 e. The van der Waals surface area contributed by atoms with Crippen LogP contribution in [0.25, 0.3) is 11.3 Å². The maximum absolute atomic E-state index is 12.7. The number of carbonyl (C=O) groups excluding carboxylic acids is 1. The van der Waals surface area contributed by atoms with Gasteiger partial charge in [-0.1, -0.05) is 31.9 Å². The van der Waals surface area contributed by atoms with Gasteiger partial charge in [-0.3, -0.25) is 4.79 Å². The number of hydrogen-bond donors (Lipinski definition) is 1. The molecule has 1 N–H and O–H groups in total. The Labute approximate surface area is 179 Å². The zero-order valence-corrected chi connectivity index (χ0v) is 18.0. The summed E-state index contributed by atoms with van der Waals surface area (Å²) in [5, 5.41) is 12.2. The van der Waals surface area contributed by atoms with E-state index in [4.69, 9.17) is 4.74 Å². The molecule has 2 aliphatic rings. The lowest BCUT2D eigenvalue weighted by Crippen LogP contribution is -2.46. The molecule has 6 heteroatoms. The van der Waals surface area contributed by atoms with Crippen molar-refractivity contribution in [2.75, 3.05) is 25.1 Å². The molecule has 6 nitrogen and oxygen atoms in total. The van der Waals surface area contributed by atoms with Crippen molar-refractivity contribution in [2.45, 2.75) is 51.5 Å². The van der Waals surface area contributed by atoms with Crippen LogP contribution < -0.4 is 15.0 Å². The molecule has 2 atom stereocenters. The van der Waals surface area contributed by atoms with Crippen molar-refractivity contribution in [2.24, 2.45) is 11.8 Å². The zero-order chi connectivity index (χ0) is 20.9. The van der Waals surface area contributed by atoms with Crippen LogP contribution in [0.1, 0.15) is 45.4 Å². The van der Waals surface area contributed by atoms with Gasteiger partial charge in [0.25, 0.3) is 0 Å². The second-order valence-corrected chi connectivity index (χ2v) is 8.62. The van der Waals surface area contributed by atoms with Crippen LogP contribution in [0.2, 0.25) is 0 Å². The van der Waals surface area contributed by atoms with E-state index in [9.17, 15) is 4.79 Å². The normalized spacial score (nSPS) is 22.5. The highest BCUT2D eigenvalue weighted by molar-refractivity contribution is 5.79. The third kappa shape index (κ3) is 4.58. The topological polar surface area (TPSA) is 67.3 Å². The third-order valence-corrected chi connectivity index (χ3v) is 6.66. The number of rotatable bonds is 5. The van der Waals surface area contributed by atoms with Gasteiger partial charge >= 0.3 is 0 Å². The average molecular weight is 409 g/mol. The van der Waals surface area contributed by atoms with Crippen molar-refractivity contribution in [1.29, 1.82) is 0 Å². The van der Waals surface area contributed by atoms with Crippen molar-refractivity contribution < 1.29 is 9.53 Å². The van der Waals surface area contributed by atoms with Crippen LogP contribution in [-0.4, -0.2) is 42.3 Å². The summed E-state index contributed by atoms with van der Waals surface area (Å²) in [7, 11) is 1.66. The molecule has 160 valence electrons. The average Bonchev–Trinajstić information content (AvgIpc) is 2.81. The highest BCUT2D eigenvalue weighted by Crippen LogP contribution is 2.29. The lowest BCUT2D eigenvalue weighted by atomic mass is 9.85. The standard InChI is InChI=1S/C24H32N4O2/c1-17-7-3-5-9-20(17)25-24(29)18-13-15-28(16-14-18)23-12-11-21(26-27-23)19-8-4-6-10-22(19)30-2/h4,6,8,10-12,17-18,20H,3,5,7,9,13-16H2,1-2H3,(H,25,29). The molecule has 2 fully saturated rings. The summed E-state index contributed by atoms with van der Waals surface area (Å²) >= 11 is 0. The molecule has 1 saturated heterocycles. The number of methoxy groups -OCH3 is 1. The number of anilines is 1. The molecule has 1 aromatic carbocycles. The van der Waals surface area contributed by atoms with E-state index in [1.54, 1.807) is 7.11 Å². The molecule has 1 aliphatic heterocycles. The smallest absolute Gasteiger partial charge is 0.223 e. The molecule has 0 bridgehead atoms. The van der Waals surface area contributed by atoms with Crippen LogP contribution in [0, 0.1) is 11.8 Å². The first-order valence-electron chi connectivity index (χ1n) is 11.2. The predicted molar refractivity (Wildman–Crippen MR) is 119 cm³/mol. The summed E-state index contributed by atoms with van der Waals surface area (Å²) in [5.74, 6) is 2.61. The van der Waals surface area contributed by atoms with Gasteiger partial charge in [0.05, 0.1) is 12.8 Å². The SMILES string of the molecule is COc1ccccc1-c1ccc(N2CCC(C(=O)NC3CCCCC3C)CC2)nn1. The third-order valence-electron chi connectivity index (χ3n) is 6.66. The van der Waals surface area contributed by atoms with E-state index >= 15 is 0 Å². The minimum atomic E-state index is 0.108. The second-order valence-electron chi connectivity index (χ2n) is 8.62. The number of hydrogen-bond acceptors (Lipinski definition) is 5. The van der Waals surface area contributed by atoms with Gasteiger partial charge in [-0.2, -0.15) is 0 Å². The first kappa shape index (κ1) is 20.6. The first-order chi connectivity index (χ1) is 14.7. The molecule has 2 heterocycles. The van der Waals surface area contributed by atoms with Crippen LogP contribution in [-0.2, 0) is 4.79 Å². The molecule has 2 aromatic rings. The van der Waals surface area contributed by atoms with Gasteiger partial charge in [0.2, 0.25) is 5.91 Å². The Bertz CT molecular complexity index is 847. The van der Waals surface area contributed by atoms with Crippen LogP contribution >= 0.6 is 0 Å². The lowest BCUT2D eigenvalue weighted by molar-refractivity contribution is -0.126. The number of nitrogens with one attached hydrogen (secondary N) is 1. The number of ether oxygens (including phenoxy) is 1. The van der Waals surface area contributed by atoms with Crippen LogP contribution in [0.3, 0.4) is 0 Å². The van der Waals surface area contributed by atoms with Gasteiger partial charge in [0.15, 0.2) is 5.82 Å². The molecule has 2 unspecified atom stereocenters. The van der Waals surface area contributed by atoms with E-state index in [1.165, 1.54) is 19.3 Å². The molecular weight excluding hydrogens is 376 g/mol. The van der Waals surface area contributed by atoms with E-state index in [-0.39, 0.29) is 11.8 Å². The Balaban J connectivity index is 1.33. The highest BCUT2D eigenvalue weighted by Gasteiger charge is 2.29. The van der Waals surface area contributed by atoms with Crippen LogP contribution in [0.15, 0.2) is 36.4 Å². The maximum Gasteiger partial charge on any atom is 0.223 e. The number of para-hydroxylation sites is 1. The number of nitrogens with zero attached hydrogens (tertiary/aromatic N) is 3. The Morgan fingerprint density at radius 1 is 1.03 bits per heavy atom. The summed E-state index contributed by atoms with van der Waals surface area (Å²) in [6.07, 6.45) is 6.61. The summed E-state index contributed by atoms with van der Waals surface area (Å²) in [6, 6.07) is 12.2. The Kier molecular flexibility index (Phi) is 6.50. The first-order valence-corrected chi connectivity index (χ1v) is 11.2. The fraction of sp³-hybridized carbons (Fsp3) is 0.542. The summed E-state index contributed by atoms with van der Waals surface area (Å²) < 4.78 is 5.43. The highest BCUT2D eigenvalue weighted by atomic mass is 16.5. The van der Waals surface area contributed by atoms with Gasteiger partial charge in [0, 0.05) is 30.6 Å². The number of amides is 1. The molecule has 0 spiro atoms. The number of aromatic nitrogens is 2. The summed E-state index contributed by atoms with van der Waals surface area (Å²) in [6.45, 7) is 3.93. The Morgan fingerprint density at radius 3 is 2.50 bits per heavy atom. The molecule has 0 radical (unpaired) electrons. The monoisotopic (exact) mass is 408 g/mol. The molecule has 4 rings (SSSR count). The maximum atomic E-state index is 12.7. The number of benzene rings is 1. The lowest BCUT2D eigenvalue weighted by Gasteiger charge is -2.34. The van der Waals surface area contributed by atoms with E-state index in [0.29, 0.717) is 12.0 Å². The Morgan fingerprint density at radius 2 is 1.80 bits per heavy atom. The Hall–Kier alpha value is -2.63. The van der Waals surface area contributed by atoms with Crippen molar-refractivity contribution in [1.82, 2.24) is 15.5 Å². The molecule has 30 heavy (non-hydrogen) atoms. The van der Waals surface area contributed by atoms with Crippen molar-refractivity contribution >= 4 is 11.7 Å². The molecule has 1 aromatic heterocycles. The molecule has 1 saturated carbocycles. The second kappa shape index (κ2) is 9.45. The van der Waals surface area contributed by atoms with Gasteiger partial charge in [-0.15, -0.1) is 10.2 Å². The van der Waals surface area contributed by atoms with Gasteiger partial charge < -0.3 is 15.0 Å². The predicted octanol–water partition coefficient (Wildman–Crippen LogP) is 4.06. The number of piperidine rings is 1. The van der Waals surface area contributed by atoms with Crippen molar-refractivity contribution in [3.8, 4) is 17.0 Å². The van der Waals surface area contributed by atoms with E-state index in [0.717, 1.165) is 55.2 Å². The molecule has 1 aliphatic carbocycles. The number of carbonyl (C=O) groups is 1. The molecule has 1 amide bonds.